The van der Waals surface area contributed by atoms with Crippen molar-refractivity contribution in [2.75, 3.05) is 19.0 Å². The summed E-state index contributed by atoms with van der Waals surface area (Å²) in [5, 5.41) is 9.55. The Morgan fingerprint density at radius 3 is 2.58 bits per heavy atom. The van der Waals surface area contributed by atoms with Crippen molar-refractivity contribution in [2.45, 2.75) is 6.92 Å². The Balaban J connectivity index is 2.03. The molecule has 2 heterocycles. The predicted molar refractivity (Wildman–Crippen MR) is 79.7 cm³/mol. The maximum absolute atomic E-state index is 4.51. The standard InChI is InChI=1S/C14H14N4S/c1-9-15-12-8-10(4-6-13(12)19-9)11-5-7-14(17-16-11)18(2)3/h4-8H,1-3H3. The summed E-state index contributed by atoms with van der Waals surface area (Å²) in [5.41, 5.74) is 2.95. The summed E-state index contributed by atoms with van der Waals surface area (Å²) in [6, 6.07) is 10.2. The third-order valence-corrected chi connectivity index (χ3v) is 3.85. The van der Waals surface area contributed by atoms with Gasteiger partial charge in [0.05, 0.1) is 20.9 Å². The number of aromatic nitrogens is 3. The quantitative estimate of drug-likeness (QED) is 0.717. The SMILES string of the molecule is Cc1nc2cc(-c3ccc(N(C)C)nn3)ccc2s1. The monoisotopic (exact) mass is 270 g/mol. The summed E-state index contributed by atoms with van der Waals surface area (Å²) < 4.78 is 1.21. The molecule has 3 aromatic rings. The molecule has 1 aromatic carbocycles. The molecule has 0 atom stereocenters. The van der Waals surface area contributed by atoms with Gasteiger partial charge in [0.1, 0.15) is 0 Å². The van der Waals surface area contributed by atoms with Gasteiger partial charge < -0.3 is 4.90 Å². The van der Waals surface area contributed by atoms with E-state index in [1.807, 2.05) is 38.1 Å². The van der Waals surface area contributed by atoms with E-state index in [2.05, 4.69) is 33.4 Å². The first kappa shape index (κ1) is 12.0. The Kier molecular flexibility index (Phi) is 2.91. The van der Waals surface area contributed by atoms with Crippen LogP contribution >= 0.6 is 11.3 Å². The van der Waals surface area contributed by atoms with Gasteiger partial charge >= 0.3 is 0 Å². The average molecular weight is 270 g/mol. The number of benzene rings is 1. The van der Waals surface area contributed by atoms with Gasteiger partial charge in [-0.1, -0.05) is 6.07 Å². The molecule has 96 valence electrons. The lowest BCUT2D eigenvalue weighted by atomic mass is 10.1. The van der Waals surface area contributed by atoms with E-state index in [9.17, 15) is 0 Å². The fourth-order valence-electron chi connectivity index (χ4n) is 1.92. The molecule has 5 heteroatoms. The van der Waals surface area contributed by atoms with Gasteiger partial charge in [0.25, 0.3) is 0 Å². The van der Waals surface area contributed by atoms with Crippen molar-refractivity contribution in [1.82, 2.24) is 15.2 Å². The first-order valence-corrected chi connectivity index (χ1v) is 6.84. The molecule has 0 aliphatic carbocycles. The van der Waals surface area contributed by atoms with E-state index in [1.54, 1.807) is 11.3 Å². The number of aryl methyl sites for hydroxylation is 1. The lowest BCUT2D eigenvalue weighted by molar-refractivity contribution is 0.969. The van der Waals surface area contributed by atoms with Crippen LogP contribution in [-0.4, -0.2) is 29.3 Å². The van der Waals surface area contributed by atoms with Gasteiger partial charge in [0.2, 0.25) is 0 Å². The van der Waals surface area contributed by atoms with E-state index in [1.165, 1.54) is 4.70 Å². The van der Waals surface area contributed by atoms with Gasteiger partial charge in [-0.2, -0.15) is 0 Å². The first-order valence-electron chi connectivity index (χ1n) is 6.02. The summed E-state index contributed by atoms with van der Waals surface area (Å²) >= 11 is 1.71. The molecule has 0 aliphatic rings. The van der Waals surface area contributed by atoms with Crippen LogP contribution in [0.1, 0.15) is 5.01 Å². The van der Waals surface area contributed by atoms with Crippen molar-refractivity contribution in [1.29, 1.82) is 0 Å². The van der Waals surface area contributed by atoms with E-state index in [4.69, 9.17) is 0 Å². The smallest absolute Gasteiger partial charge is 0.150 e. The highest BCUT2D eigenvalue weighted by molar-refractivity contribution is 7.18. The molecule has 0 spiro atoms. The number of nitrogens with zero attached hydrogens (tertiary/aromatic N) is 4. The lowest BCUT2D eigenvalue weighted by Crippen LogP contribution is -2.11. The summed E-state index contributed by atoms with van der Waals surface area (Å²) in [4.78, 5) is 6.44. The van der Waals surface area contributed by atoms with Gasteiger partial charge in [-0.15, -0.1) is 21.5 Å². The van der Waals surface area contributed by atoms with E-state index >= 15 is 0 Å². The Morgan fingerprint density at radius 1 is 1.05 bits per heavy atom. The minimum atomic E-state index is 0.856. The predicted octanol–water partition coefficient (Wildman–Crippen LogP) is 3.13. The third-order valence-electron chi connectivity index (χ3n) is 2.90. The Labute approximate surface area is 115 Å². The molecule has 0 bridgehead atoms. The van der Waals surface area contributed by atoms with Crippen molar-refractivity contribution >= 4 is 27.4 Å². The molecule has 0 saturated carbocycles. The van der Waals surface area contributed by atoms with Crippen LogP contribution in [0, 0.1) is 6.92 Å². The Morgan fingerprint density at radius 2 is 1.89 bits per heavy atom. The van der Waals surface area contributed by atoms with Crippen molar-refractivity contribution < 1.29 is 0 Å². The minimum absolute atomic E-state index is 0.856. The maximum Gasteiger partial charge on any atom is 0.150 e. The van der Waals surface area contributed by atoms with Crippen molar-refractivity contribution in [3.05, 3.63) is 35.3 Å². The second-order valence-corrected chi connectivity index (χ2v) is 5.82. The topological polar surface area (TPSA) is 41.9 Å². The van der Waals surface area contributed by atoms with Crippen molar-refractivity contribution in [3.8, 4) is 11.3 Å². The average Bonchev–Trinajstić information content (AvgIpc) is 2.77. The fraction of sp³-hybridized carbons (Fsp3) is 0.214. The van der Waals surface area contributed by atoms with Gasteiger partial charge in [0, 0.05) is 19.7 Å². The molecular formula is C14H14N4S. The van der Waals surface area contributed by atoms with Crippen LogP contribution < -0.4 is 4.90 Å². The summed E-state index contributed by atoms with van der Waals surface area (Å²) in [7, 11) is 3.90. The van der Waals surface area contributed by atoms with Gasteiger partial charge in [-0.05, 0) is 31.2 Å². The normalized spacial score (nSPS) is 10.9. The van der Waals surface area contributed by atoms with E-state index in [-0.39, 0.29) is 0 Å². The highest BCUT2D eigenvalue weighted by atomic mass is 32.1. The first-order chi connectivity index (χ1) is 9.13. The Bertz CT molecular complexity index is 716. The van der Waals surface area contributed by atoms with Crippen LogP contribution in [0.25, 0.3) is 21.5 Å². The summed E-state index contributed by atoms with van der Waals surface area (Å²) in [6.45, 7) is 2.02. The molecule has 3 rings (SSSR count). The molecule has 4 nitrogen and oxygen atoms in total. The highest BCUT2D eigenvalue weighted by Crippen LogP contribution is 2.26. The molecule has 0 aliphatic heterocycles. The molecule has 0 radical (unpaired) electrons. The van der Waals surface area contributed by atoms with Crippen LogP contribution in [0.4, 0.5) is 5.82 Å². The molecule has 0 unspecified atom stereocenters. The van der Waals surface area contributed by atoms with E-state index in [0.717, 1.165) is 27.6 Å². The number of anilines is 1. The van der Waals surface area contributed by atoms with E-state index < -0.39 is 0 Å². The zero-order chi connectivity index (χ0) is 13.4. The lowest BCUT2D eigenvalue weighted by Gasteiger charge is -2.10. The van der Waals surface area contributed by atoms with Crippen LogP contribution in [0.15, 0.2) is 30.3 Å². The summed E-state index contributed by atoms with van der Waals surface area (Å²) in [5.74, 6) is 0.856. The fourth-order valence-corrected chi connectivity index (χ4v) is 2.73. The molecule has 19 heavy (non-hydrogen) atoms. The zero-order valence-corrected chi connectivity index (χ0v) is 11.9. The molecule has 0 amide bonds. The molecular weight excluding hydrogens is 256 g/mol. The van der Waals surface area contributed by atoms with Crippen LogP contribution in [-0.2, 0) is 0 Å². The maximum atomic E-state index is 4.51. The largest absolute Gasteiger partial charge is 0.361 e. The number of hydrogen-bond acceptors (Lipinski definition) is 5. The van der Waals surface area contributed by atoms with Crippen molar-refractivity contribution in [2.24, 2.45) is 0 Å². The number of hydrogen-bond donors (Lipinski definition) is 0. The minimum Gasteiger partial charge on any atom is -0.361 e. The second-order valence-electron chi connectivity index (χ2n) is 4.59. The number of thiazole rings is 1. The van der Waals surface area contributed by atoms with Gasteiger partial charge in [-0.25, -0.2) is 4.98 Å². The van der Waals surface area contributed by atoms with Crippen LogP contribution in [0.2, 0.25) is 0 Å². The molecule has 0 saturated heterocycles. The number of fused-ring (bicyclic) bond motifs is 1. The summed E-state index contributed by atoms with van der Waals surface area (Å²) in [6.07, 6.45) is 0. The molecule has 0 fully saturated rings. The second kappa shape index (κ2) is 4.59. The molecule has 0 N–H and O–H groups in total. The van der Waals surface area contributed by atoms with Crippen molar-refractivity contribution in [3.63, 3.8) is 0 Å². The van der Waals surface area contributed by atoms with Gasteiger partial charge in [-0.3, -0.25) is 0 Å². The highest BCUT2D eigenvalue weighted by Gasteiger charge is 2.06. The third kappa shape index (κ3) is 2.29. The van der Waals surface area contributed by atoms with Crippen LogP contribution in [0.3, 0.4) is 0 Å². The number of rotatable bonds is 2. The van der Waals surface area contributed by atoms with E-state index in [0.29, 0.717) is 0 Å². The van der Waals surface area contributed by atoms with Crippen LogP contribution in [0.5, 0.6) is 0 Å². The molecule has 2 aromatic heterocycles. The Hall–Kier alpha value is -2.01. The van der Waals surface area contributed by atoms with Gasteiger partial charge in [0.15, 0.2) is 5.82 Å². The zero-order valence-electron chi connectivity index (χ0n) is 11.1.